The van der Waals surface area contributed by atoms with E-state index >= 15 is 0 Å². The van der Waals surface area contributed by atoms with Crippen molar-refractivity contribution < 1.29 is 9.53 Å². The van der Waals surface area contributed by atoms with Crippen LogP contribution in [0.4, 0.5) is 5.69 Å². The summed E-state index contributed by atoms with van der Waals surface area (Å²) >= 11 is 0. The molecule has 1 spiro atoms. The molecule has 9 heteroatoms. The minimum atomic E-state index is -0.508. The Labute approximate surface area is 156 Å². The monoisotopic (exact) mass is 369 g/mol. The lowest BCUT2D eigenvalue weighted by Crippen LogP contribution is -2.58. The molecule has 1 aliphatic heterocycles. The van der Waals surface area contributed by atoms with Gasteiger partial charge in [-0.15, -0.1) is 0 Å². The highest BCUT2D eigenvalue weighted by Crippen LogP contribution is 2.39. The largest absolute Gasteiger partial charge is 0.460 e. The zero-order chi connectivity index (χ0) is 19.0. The number of aromatic amines is 1. The summed E-state index contributed by atoms with van der Waals surface area (Å²) in [4.78, 5) is 30.0. The molecule has 0 radical (unpaired) electrons. The molecule has 2 heterocycles. The molecule has 2 aliphatic rings. The molecule has 1 aromatic heterocycles. The predicted octanol–water partition coefficient (Wildman–Crippen LogP) is 1.85. The number of hydrogen-bond acceptors (Lipinski definition) is 8. The first-order chi connectivity index (χ1) is 13.0. The fourth-order valence-corrected chi connectivity index (χ4v) is 3.93. The summed E-state index contributed by atoms with van der Waals surface area (Å²) < 4.78 is 5.01. The molecular weight excluding hydrogens is 346 g/mol. The number of aliphatic imine (C=N–C) groups is 2. The van der Waals surface area contributed by atoms with Crippen LogP contribution in [0.25, 0.3) is 11.0 Å². The molecular formula is C18H23N7O2. The highest BCUT2D eigenvalue weighted by atomic mass is 16.5. The van der Waals surface area contributed by atoms with Crippen molar-refractivity contribution in [2.45, 2.75) is 44.7 Å². The van der Waals surface area contributed by atoms with Crippen molar-refractivity contribution in [1.82, 2.24) is 9.97 Å². The fourth-order valence-electron chi connectivity index (χ4n) is 3.93. The molecule has 1 saturated carbocycles. The van der Waals surface area contributed by atoms with Crippen LogP contribution in [0, 0.1) is 0 Å². The van der Waals surface area contributed by atoms with E-state index in [2.05, 4.69) is 20.0 Å². The van der Waals surface area contributed by atoms with Gasteiger partial charge in [0.2, 0.25) is 17.7 Å². The van der Waals surface area contributed by atoms with E-state index in [0.29, 0.717) is 18.1 Å². The zero-order valence-electron chi connectivity index (χ0n) is 15.2. The van der Waals surface area contributed by atoms with Gasteiger partial charge in [-0.1, -0.05) is 6.42 Å². The molecule has 1 aromatic carbocycles. The topological polar surface area (TPSA) is 135 Å². The van der Waals surface area contributed by atoms with Gasteiger partial charge in [0.1, 0.15) is 5.66 Å². The number of hydrogen-bond donors (Lipinski definition) is 3. The number of imidazole rings is 1. The molecule has 142 valence electrons. The van der Waals surface area contributed by atoms with E-state index in [9.17, 15) is 4.79 Å². The summed E-state index contributed by atoms with van der Waals surface area (Å²) in [5, 5.41) is 0. The number of nitrogens with one attached hydrogen (secondary N) is 1. The van der Waals surface area contributed by atoms with Crippen molar-refractivity contribution in [3.63, 3.8) is 0 Å². The van der Waals surface area contributed by atoms with Gasteiger partial charge in [-0.3, -0.25) is 4.90 Å². The van der Waals surface area contributed by atoms with Crippen LogP contribution in [0.2, 0.25) is 0 Å². The van der Waals surface area contributed by atoms with Crippen LogP contribution in [-0.4, -0.2) is 40.1 Å². The number of fused-ring (bicyclic) bond motifs is 1. The molecule has 0 amide bonds. The predicted molar refractivity (Wildman–Crippen MR) is 104 cm³/mol. The fraction of sp³-hybridized carbons (Fsp3) is 0.444. The van der Waals surface area contributed by atoms with Crippen LogP contribution < -0.4 is 16.4 Å². The van der Waals surface area contributed by atoms with Gasteiger partial charge in [-0.25, -0.2) is 14.8 Å². The van der Waals surface area contributed by atoms with E-state index < -0.39 is 11.6 Å². The summed E-state index contributed by atoms with van der Waals surface area (Å²) in [5.41, 5.74) is 13.9. The Balaban J connectivity index is 1.75. The quantitative estimate of drug-likeness (QED) is 0.707. The van der Waals surface area contributed by atoms with Gasteiger partial charge < -0.3 is 21.2 Å². The van der Waals surface area contributed by atoms with Crippen LogP contribution in [-0.2, 0) is 4.74 Å². The first-order valence-corrected chi connectivity index (χ1v) is 9.19. The van der Waals surface area contributed by atoms with E-state index in [-0.39, 0.29) is 11.8 Å². The number of benzene rings is 1. The van der Waals surface area contributed by atoms with E-state index in [1.807, 2.05) is 23.1 Å². The minimum absolute atomic E-state index is 0.180. The Hall–Kier alpha value is -3.10. The summed E-state index contributed by atoms with van der Waals surface area (Å²) in [5.74, 6) is 0.251. The van der Waals surface area contributed by atoms with Gasteiger partial charge in [0.05, 0.1) is 17.6 Å². The number of ether oxygens (including phenoxy) is 1. The molecule has 0 bridgehead atoms. The molecule has 0 atom stereocenters. The number of carbonyl (C=O) groups excluding carboxylic acids is 1. The third-order valence-corrected chi connectivity index (χ3v) is 5.04. The third kappa shape index (κ3) is 2.98. The maximum absolute atomic E-state index is 11.9. The Morgan fingerprint density at radius 2 is 2.07 bits per heavy atom. The smallest absolute Gasteiger partial charge is 0.374 e. The Kier molecular flexibility index (Phi) is 4.21. The van der Waals surface area contributed by atoms with Gasteiger partial charge in [-0.05, 0) is 50.8 Å². The lowest BCUT2D eigenvalue weighted by Gasteiger charge is -2.45. The first kappa shape index (κ1) is 17.3. The first-order valence-electron chi connectivity index (χ1n) is 9.19. The van der Waals surface area contributed by atoms with Crippen molar-refractivity contribution in [2.75, 3.05) is 11.5 Å². The van der Waals surface area contributed by atoms with Crippen molar-refractivity contribution >= 4 is 34.6 Å². The van der Waals surface area contributed by atoms with Crippen molar-refractivity contribution in [1.29, 1.82) is 0 Å². The Morgan fingerprint density at radius 3 is 2.81 bits per heavy atom. The molecule has 5 N–H and O–H groups in total. The summed E-state index contributed by atoms with van der Waals surface area (Å²) in [7, 11) is 0. The Morgan fingerprint density at radius 1 is 1.30 bits per heavy atom. The average molecular weight is 369 g/mol. The highest BCUT2D eigenvalue weighted by Gasteiger charge is 2.42. The summed E-state index contributed by atoms with van der Waals surface area (Å²) in [6.45, 7) is 2.05. The number of H-pyrrole nitrogens is 1. The number of aromatic nitrogens is 2. The molecule has 27 heavy (non-hydrogen) atoms. The third-order valence-electron chi connectivity index (χ3n) is 5.04. The van der Waals surface area contributed by atoms with Gasteiger partial charge >= 0.3 is 5.97 Å². The Bertz CT molecular complexity index is 940. The summed E-state index contributed by atoms with van der Waals surface area (Å²) in [6.07, 6.45) is 5.00. The SMILES string of the molecule is CCOC(=O)c1nc2ccc(N3C(N)=NC(N)=NC34CCCCC4)cc2[nH]1. The van der Waals surface area contributed by atoms with Crippen molar-refractivity contribution in [3.8, 4) is 0 Å². The van der Waals surface area contributed by atoms with Crippen LogP contribution in [0.1, 0.15) is 49.6 Å². The normalized spacial score (nSPS) is 19.1. The van der Waals surface area contributed by atoms with Gasteiger partial charge in [-0.2, -0.15) is 4.99 Å². The van der Waals surface area contributed by atoms with Crippen molar-refractivity contribution in [2.24, 2.45) is 21.5 Å². The van der Waals surface area contributed by atoms with E-state index in [4.69, 9.17) is 16.2 Å². The number of anilines is 1. The lowest BCUT2D eigenvalue weighted by molar-refractivity contribution is 0.0513. The van der Waals surface area contributed by atoms with E-state index in [0.717, 1.165) is 36.9 Å². The van der Waals surface area contributed by atoms with Crippen LogP contribution in [0.3, 0.4) is 0 Å². The van der Waals surface area contributed by atoms with Gasteiger partial charge in [0.25, 0.3) is 0 Å². The molecule has 4 rings (SSSR count). The maximum Gasteiger partial charge on any atom is 0.374 e. The standard InChI is InChI=1S/C18H23N7O2/c1-2-27-15(26)14-21-12-7-6-11(10-13(12)22-14)25-17(20)23-16(19)24-18(25)8-4-3-5-9-18/h6-7,10H,2-5,8-9H2,1H3,(H,21,22)(H4,19,20,23,24). The van der Waals surface area contributed by atoms with Crippen LogP contribution in [0.15, 0.2) is 28.2 Å². The van der Waals surface area contributed by atoms with Gasteiger partial charge in [0, 0.05) is 5.69 Å². The average Bonchev–Trinajstić information content (AvgIpc) is 3.05. The van der Waals surface area contributed by atoms with E-state index in [1.165, 1.54) is 6.42 Å². The second-order valence-electron chi connectivity index (χ2n) is 6.83. The van der Waals surface area contributed by atoms with Crippen molar-refractivity contribution in [3.05, 3.63) is 24.0 Å². The number of esters is 1. The molecule has 0 saturated heterocycles. The maximum atomic E-state index is 11.9. The number of rotatable bonds is 3. The van der Waals surface area contributed by atoms with Gasteiger partial charge in [0.15, 0.2) is 0 Å². The molecule has 1 fully saturated rings. The van der Waals surface area contributed by atoms with E-state index in [1.54, 1.807) is 6.92 Å². The van der Waals surface area contributed by atoms with Crippen LogP contribution in [0.5, 0.6) is 0 Å². The molecule has 2 aromatic rings. The second kappa shape index (κ2) is 6.57. The second-order valence-corrected chi connectivity index (χ2v) is 6.83. The molecule has 9 nitrogen and oxygen atoms in total. The molecule has 1 aliphatic carbocycles. The zero-order valence-corrected chi connectivity index (χ0v) is 15.2. The molecule has 0 unspecified atom stereocenters. The number of carbonyl (C=O) groups is 1. The number of nitrogens with zero attached hydrogens (tertiary/aromatic N) is 4. The number of nitrogens with two attached hydrogens (primary N) is 2. The lowest BCUT2D eigenvalue weighted by atomic mass is 9.87. The van der Waals surface area contributed by atoms with Crippen LogP contribution >= 0.6 is 0 Å². The minimum Gasteiger partial charge on any atom is -0.460 e. The summed E-state index contributed by atoms with van der Waals surface area (Å²) in [6, 6.07) is 5.66. The highest BCUT2D eigenvalue weighted by molar-refractivity contribution is 6.06. The number of guanidine groups is 2.